The van der Waals surface area contributed by atoms with Gasteiger partial charge in [-0.1, -0.05) is 18.2 Å². The van der Waals surface area contributed by atoms with Crippen LogP contribution in [0.5, 0.6) is 5.75 Å². The largest absolute Gasteiger partial charge is 0.425 e. The van der Waals surface area contributed by atoms with Crippen molar-refractivity contribution >= 4 is 18.1 Å². The van der Waals surface area contributed by atoms with Crippen molar-refractivity contribution in [3.05, 3.63) is 30.3 Å². The van der Waals surface area contributed by atoms with Crippen LogP contribution in [0.25, 0.3) is 0 Å². The molecule has 0 bridgehead atoms. The van der Waals surface area contributed by atoms with Crippen molar-refractivity contribution in [1.82, 2.24) is 0 Å². The van der Waals surface area contributed by atoms with Gasteiger partial charge in [-0.3, -0.25) is 0 Å². The molecule has 0 amide bonds. The number of hydrogen-bond acceptors (Lipinski definition) is 3. The summed E-state index contributed by atoms with van der Waals surface area (Å²) < 4.78 is 21.3. The summed E-state index contributed by atoms with van der Waals surface area (Å²) in [5.41, 5.74) is 0. The first-order chi connectivity index (χ1) is 5.64. The maximum atomic E-state index is 11.3. The molecule has 12 heavy (non-hydrogen) atoms. The van der Waals surface area contributed by atoms with Crippen LogP contribution in [0.1, 0.15) is 0 Å². The van der Waals surface area contributed by atoms with Crippen LogP contribution >= 0.6 is 7.60 Å². The Labute approximate surface area is 74.8 Å². The zero-order valence-corrected chi connectivity index (χ0v) is 9.95. The van der Waals surface area contributed by atoms with Gasteiger partial charge in [0.1, 0.15) is 5.75 Å². The summed E-state index contributed by atoms with van der Waals surface area (Å²) in [6.07, 6.45) is 0. The third kappa shape index (κ3) is 2.81. The van der Waals surface area contributed by atoms with E-state index in [0.717, 1.165) is 0 Å². The van der Waals surface area contributed by atoms with Gasteiger partial charge in [0.2, 0.25) is 0 Å². The number of benzene rings is 1. The maximum absolute atomic E-state index is 11.3. The molecule has 0 radical (unpaired) electrons. The molecular formula is C7H11O3PSi. The smallest absolute Gasteiger partial charge is 0.365 e. The van der Waals surface area contributed by atoms with E-state index in [1.165, 1.54) is 6.66 Å². The molecule has 1 rings (SSSR count). The van der Waals surface area contributed by atoms with E-state index in [9.17, 15) is 4.57 Å². The van der Waals surface area contributed by atoms with Gasteiger partial charge < -0.3 is 8.74 Å². The molecule has 1 aromatic rings. The van der Waals surface area contributed by atoms with Crippen LogP contribution < -0.4 is 4.52 Å². The highest BCUT2D eigenvalue weighted by molar-refractivity contribution is 7.54. The van der Waals surface area contributed by atoms with Crippen LogP contribution in [-0.2, 0) is 8.78 Å². The first kappa shape index (κ1) is 9.51. The maximum Gasteiger partial charge on any atom is 0.365 e. The van der Waals surface area contributed by atoms with Gasteiger partial charge in [0, 0.05) is 6.66 Å². The van der Waals surface area contributed by atoms with Crippen molar-refractivity contribution in [2.24, 2.45) is 0 Å². The van der Waals surface area contributed by atoms with Crippen LogP contribution in [0.2, 0.25) is 0 Å². The van der Waals surface area contributed by atoms with E-state index in [2.05, 4.69) is 0 Å². The molecule has 0 aliphatic heterocycles. The molecule has 1 unspecified atom stereocenters. The highest BCUT2D eigenvalue weighted by Crippen LogP contribution is 2.42. The molecule has 5 heteroatoms. The lowest BCUT2D eigenvalue weighted by Crippen LogP contribution is -1.93. The second-order valence-corrected chi connectivity index (χ2v) is 5.54. The van der Waals surface area contributed by atoms with Crippen molar-refractivity contribution in [2.45, 2.75) is 0 Å². The summed E-state index contributed by atoms with van der Waals surface area (Å²) in [6.45, 7) is 1.47. The lowest BCUT2D eigenvalue weighted by Gasteiger charge is -2.12. The Bertz CT molecular complexity index is 288. The average molecular weight is 202 g/mol. The number of rotatable bonds is 3. The lowest BCUT2D eigenvalue weighted by molar-refractivity contribution is 0.407. The van der Waals surface area contributed by atoms with Crippen LogP contribution in [-0.4, -0.2) is 17.2 Å². The van der Waals surface area contributed by atoms with Crippen LogP contribution in [0, 0.1) is 0 Å². The minimum atomic E-state index is -2.83. The van der Waals surface area contributed by atoms with Crippen molar-refractivity contribution in [1.29, 1.82) is 0 Å². The fourth-order valence-electron chi connectivity index (χ4n) is 0.710. The van der Waals surface area contributed by atoms with Gasteiger partial charge in [0.05, 0.1) is 0 Å². The Balaban J connectivity index is 2.71. The standard InChI is InChI=1S/C7H11O3PSi/c1-11(8,10-12)9-7-5-3-2-4-6-7/h2-6H,1,12H3. The molecule has 0 spiro atoms. The fraction of sp³-hybridized carbons (Fsp3) is 0.143. The third-order valence-electron chi connectivity index (χ3n) is 1.35. The highest BCUT2D eigenvalue weighted by atomic mass is 31.2. The second kappa shape index (κ2) is 3.89. The zero-order valence-electron chi connectivity index (χ0n) is 7.06. The summed E-state index contributed by atoms with van der Waals surface area (Å²) in [5.74, 6) is 0.583. The van der Waals surface area contributed by atoms with E-state index >= 15 is 0 Å². The first-order valence-corrected chi connectivity index (χ1v) is 6.32. The van der Waals surface area contributed by atoms with E-state index in [-0.39, 0.29) is 0 Å². The van der Waals surface area contributed by atoms with Gasteiger partial charge in [0.25, 0.3) is 0 Å². The SMILES string of the molecule is CP(=O)(O[SiH3])Oc1ccccc1. The van der Waals surface area contributed by atoms with Gasteiger partial charge in [-0.2, -0.15) is 0 Å². The average Bonchev–Trinajstić information content (AvgIpc) is 2.06. The molecule has 0 aliphatic carbocycles. The molecule has 0 N–H and O–H groups in total. The first-order valence-electron chi connectivity index (χ1n) is 3.52. The van der Waals surface area contributed by atoms with Crippen molar-refractivity contribution in [2.75, 3.05) is 6.66 Å². The molecule has 0 saturated heterocycles. The summed E-state index contributed by atoms with van der Waals surface area (Å²) in [6, 6.07) is 9.01. The van der Waals surface area contributed by atoms with Crippen molar-refractivity contribution < 1.29 is 13.3 Å². The lowest BCUT2D eigenvalue weighted by atomic mass is 10.3. The second-order valence-electron chi connectivity index (χ2n) is 2.36. The van der Waals surface area contributed by atoms with E-state index in [0.29, 0.717) is 16.2 Å². The molecule has 1 aromatic carbocycles. The van der Waals surface area contributed by atoms with Gasteiger partial charge >= 0.3 is 7.60 Å². The van der Waals surface area contributed by atoms with Gasteiger partial charge in [-0.05, 0) is 12.1 Å². The number of hydrogen-bond donors (Lipinski definition) is 0. The Morgan fingerprint density at radius 3 is 2.42 bits per heavy atom. The summed E-state index contributed by atoms with van der Waals surface area (Å²) in [5, 5.41) is 0. The molecule has 66 valence electrons. The zero-order chi connectivity index (χ0) is 9.03. The third-order valence-corrected chi connectivity index (χ3v) is 4.54. The minimum absolute atomic E-state index is 0.420. The Hall–Kier alpha value is -0.573. The van der Waals surface area contributed by atoms with Crippen molar-refractivity contribution in [3.63, 3.8) is 0 Å². The van der Waals surface area contributed by atoms with E-state index in [1.54, 1.807) is 12.1 Å². The van der Waals surface area contributed by atoms with E-state index < -0.39 is 7.60 Å². The van der Waals surface area contributed by atoms with E-state index in [4.69, 9.17) is 8.74 Å². The highest BCUT2D eigenvalue weighted by Gasteiger charge is 2.14. The predicted molar refractivity (Wildman–Crippen MR) is 51.6 cm³/mol. The van der Waals surface area contributed by atoms with E-state index in [1.807, 2.05) is 18.2 Å². The normalized spacial score (nSPS) is 15.4. The van der Waals surface area contributed by atoms with Crippen LogP contribution in [0.3, 0.4) is 0 Å². The monoisotopic (exact) mass is 202 g/mol. The molecule has 3 nitrogen and oxygen atoms in total. The molecular weight excluding hydrogens is 191 g/mol. The minimum Gasteiger partial charge on any atom is -0.425 e. The Morgan fingerprint density at radius 2 is 1.92 bits per heavy atom. The van der Waals surface area contributed by atoms with Gasteiger partial charge in [0.15, 0.2) is 10.5 Å². The molecule has 0 heterocycles. The molecule has 0 fully saturated rings. The Kier molecular flexibility index (Phi) is 3.09. The summed E-state index contributed by atoms with van der Waals surface area (Å²) in [7, 11) is -2.41. The predicted octanol–water partition coefficient (Wildman–Crippen LogP) is 1.19. The molecule has 1 atom stereocenters. The number of para-hydroxylation sites is 1. The van der Waals surface area contributed by atoms with Gasteiger partial charge in [-0.15, -0.1) is 0 Å². The molecule has 0 saturated carbocycles. The summed E-state index contributed by atoms with van der Waals surface area (Å²) in [4.78, 5) is 0. The quantitative estimate of drug-likeness (QED) is 0.545. The van der Waals surface area contributed by atoms with Crippen LogP contribution in [0.4, 0.5) is 0 Å². The topological polar surface area (TPSA) is 35.5 Å². The summed E-state index contributed by atoms with van der Waals surface area (Å²) >= 11 is 0. The van der Waals surface area contributed by atoms with Crippen molar-refractivity contribution in [3.8, 4) is 5.75 Å². The molecule has 0 aromatic heterocycles. The van der Waals surface area contributed by atoms with Gasteiger partial charge in [-0.25, -0.2) is 4.57 Å². The molecule has 0 aliphatic rings. The van der Waals surface area contributed by atoms with Crippen LogP contribution in [0.15, 0.2) is 30.3 Å². The fourth-order valence-corrected chi connectivity index (χ4v) is 1.51. The Morgan fingerprint density at radius 1 is 1.33 bits per heavy atom.